The smallest absolute Gasteiger partial charge is 0.408 e. The minimum absolute atomic E-state index is 0.0145. The Morgan fingerprint density at radius 1 is 0.688 bits per heavy atom. The van der Waals surface area contributed by atoms with Gasteiger partial charge in [0.2, 0.25) is 29.5 Å². The van der Waals surface area contributed by atoms with Gasteiger partial charge in [-0.3, -0.25) is 28.8 Å². The number of alkyl carbamates (subject to hydrolysis) is 1. The third kappa shape index (κ3) is 20.1. The maximum absolute atomic E-state index is 15.4. The summed E-state index contributed by atoms with van der Waals surface area (Å²) in [4.78, 5) is 109. The van der Waals surface area contributed by atoms with Gasteiger partial charge >= 0.3 is 18.0 Å². The largest absolute Gasteiger partial charge is 0.461 e. The summed E-state index contributed by atoms with van der Waals surface area (Å²) < 4.78 is 48.0. The van der Waals surface area contributed by atoms with Crippen molar-refractivity contribution in [3.8, 4) is 11.1 Å². The van der Waals surface area contributed by atoms with Crippen LogP contribution in [0.25, 0.3) is 11.1 Å². The molecule has 6 amide bonds. The number of esters is 2. The third-order valence-electron chi connectivity index (χ3n) is 12.3. The van der Waals surface area contributed by atoms with Crippen molar-refractivity contribution in [1.82, 2.24) is 30.7 Å². The zero-order valence-electron chi connectivity index (χ0n) is 45.8. The third-order valence-corrected chi connectivity index (χ3v) is 12.3. The van der Waals surface area contributed by atoms with Gasteiger partial charge in [0.1, 0.15) is 55.2 Å². The van der Waals surface area contributed by atoms with Gasteiger partial charge in [-0.05, 0) is 80.0 Å². The average Bonchev–Trinajstić information content (AvgIpc) is 3.82. The van der Waals surface area contributed by atoms with E-state index in [1.54, 1.807) is 92.2 Å². The van der Waals surface area contributed by atoms with Crippen LogP contribution in [-0.2, 0) is 67.5 Å². The number of rotatable bonds is 27. The molecule has 7 N–H and O–H groups in total. The lowest BCUT2D eigenvalue weighted by atomic mass is 9.82. The second-order valence-electron chi connectivity index (χ2n) is 21.1. The molecule has 5 aromatic rings. The van der Waals surface area contributed by atoms with Crippen molar-refractivity contribution in [1.29, 1.82) is 0 Å². The van der Waals surface area contributed by atoms with Crippen molar-refractivity contribution in [2.24, 2.45) is 11.1 Å². The summed E-state index contributed by atoms with van der Waals surface area (Å²) in [7, 11) is 0. The van der Waals surface area contributed by atoms with Gasteiger partial charge in [0, 0.05) is 55.5 Å². The van der Waals surface area contributed by atoms with Crippen molar-refractivity contribution in [3.63, 3.8) is 0 Å². The number of aliphatic hydroxyl groups excluding tert-OH is 1. The fraction of sp³-hybridized carbons (Fsp3) is 0.390. The molecule has 19 nitrogen and oxygen atoms in total. The number of primary amides is 1. The lowest BCUT2D eigenvalue weighted by Gasteiger charge is -2.41. The van der Waals surface area contributed by atoms with Gasteiger partial charge < -0.3 is 55.8 Å². The summed E-state index contributed by atoms with van der Waals surface area (Å²) in [5.41, 5.74) is 6.47. The number of nitrogens with one attached hydrogen (secondary N) is 4. The molecule has 0 aliphatic heterocycles. The molecular weight excluding hydrogens is 1040 g/mol. The number of benzene rings is 4. The number of ether oxygens (including phenoxy) is 3. The van der Waals surface area contributed by atoms with E-state index in [0.717, 1.165) is 29.3 Å². The Morgan fingerprint density at radius 2 is 1.29 bits per heavy atom. The zero-order chi connectivity index (χ0) is 58.6. The fourth-order valence-corrected chi connectivity index (χ4v) is 8.61. The molecule has 0 spiro atoms. The van der Waals surface area contributed by atoms with E-state index in [4.69, 9.17) is 19.9 Å². The summed E-state index contributed by atoms with van der Waals surface area (Å²) in [5, 5.41) is 20.5. The van der Waals surface area contributed by atoms with Crippen LogP contribution in [0.5, 0.6) is 0 Å². The molecular formula is C59H71F2N7O12. The monoisotopic (exact) mass is 1110 g/mol. The van der Waals surface area contributed by atoms with Crippen LogP contribution in [0, 0.1) is 17.0 Å². The molecule has 4 aromatic carbocycles. The van der Waals surface area contributed by atoms with Crippen LogP contribution in [0.2, 0.25) is 0 Å². The number of hydrogen-bond donors (Lipinski definition) is 6. The highest BCUT2D eigenvalue weighted by Crippen LogP contribution is 2.41. The summed E-state index contributed by atoms with van der Waals surface area (Å²) in [6.45, 7) is 8.47. The Morgan fingerprint density at radius 3 is 1.86 bits per heavy atom. The van der Waals surface area contributed by atoms with Gasteiger partial charge in [-0.25, -0.2) is 18.4 Å². The van der Waals surface area contributed by atoms with E-state index in [1.807, 2.05) is 57.2 Å². The number of amides is 6. The first kappa shape index (κ1) is 62.4. The molecule has 4 atom stereocenters. The van der Waals surface area contributed by atoms with Gasteiger partial charge in [0.05, 0.1) is 12.5 Å². The number of aromatic nitrogens is 1. The van der Waals surface area contributed by atoms with E-state index in [9.17, 15) is 47.9 Å². The Bertz CT molecular complexity index is 2910. The van der Waals surface area contributed by atoms with E-state index in [0.29, 0.717) is 11.3 Å². The maximum Gasteiger partial charge on any atom is 0.408 e. The van der Waals surface area contributed by atoms with Crippen molar-refractivity contribution in [2.45, 2.75) is 123 Å². The highest BCUT2D eigenvalue weighted by molar-refractivity contribution is 5.94. The second kappa shape index (κ2) is 29.5. The molecule has 0 radical (unpaired) electrons. The number of halogens is 2. The Hall–Kier alpha value is -8.46. The Kier molecular flexibility index (Phi) is 23.0. The molecule has 0 fully saturated rings. The Labute approximate surface area is 463 Å². The minimum atomic E-state index is -1.67. The fourth-order valence-electron chi connectivity index (χ4n) is 8.61. The predicted molar refractivity (Wildman–Crippen MR) is 291 cm³/mol. The predicted octanol–water partition coefficient (Wildman–Crippen LogP) is 6.29. The molecule has 0 saturated heterocycles. The molecule has 0 unspecified atom stereocenters. The molecule has 1 aromatic heterocycles. The van der Waals surface area contributed by atoms with Crippen LogP contribution in [0.3, 0.4) is 0 Å². The first-order valence-electron chi connectivity index (χ1n) is 26.1. The molecule has 80 heavy (non-hydrogen) atoms. The minimum Gasteiger partial charge on any atom is -0.461 e. The van der Waals surface area contributed by atoms with Crippen LogP contribution in [-0.4, -0.2) is 106 Å². The average molecular weight is 1110 g/mol. The molecule has 1 heterocycles. The van der Waals surface area contributed by atoms with Gasteiger partial charge in [-0.2, -0.15) is 0 Å². The van der Waals surface area contributed by atoms with Crippen LogP contribution in [0.4, 0.5) is 13.6 Å². The normalized spacial score (nSPS) is 12.9. The van der Waals surface area contributed by atoms with Crippen LogP contribution >= 0.6 is 0 Å². The molecule has 428 valence electrons. The second-order valence-corrected chi connectivity index (χ2v) is 21.1. The van der Waals surface area contributed by atoms with E-state index in [-0.39, 0.29) is 56.8 Å². The van der Waals surface area contributed by atoms with E-state index in [1.165, 1.54) is 4.90 Å². The van der Waals surface area contributed by atoms with Crippen molar-refractivity contribution >= 4 is 47.6 Å². The first-order chi connectivity index (χ1) is 37.9. The van der Waals surface area contributed by atoms with E-state index < -0.39 is 120 Å². The number of carbonyl (C=O) groups excluding carboxylic acids is 8. The number of nitrogens with zero attached hydrogens (tertiary/aromatic N) is 2. The van der Waals surface area contributed by atoms with Crippen molar-refractivity contribution < 1.29 is 66.5 Å². The number of nitrogens with two attached hydrogens (primary N) is 1. The Balaban J connectivity index is 1.42. The summed E-state index contributed by atoms with van der Waals surface area (Å²) in [5.74, 6) is -7.37. The topological polar surface area (TPSA) is 267 Å². The molecule has 0 aliphatic rings. The maximum atomic E-state index is 15.4. The summed E-state index contributed by atoms with van der Waals surface area (Å²) in [6, 6.07) is 26.0. The zero-order valence-corrected chi connectivity index (χ0v) is 45.8. The lowest BCUT2D eigenvalue weighted by Crippen LogP contribution is -2.56. The summed E-state index contributed by atoms with van der Waals surface area (Å²) in [6.07, 6.45) is -1.48. The van der Waals surface area contributed by atoms with Crippen LogP contribution < -0.4 is 27.0 Å². The molecule has 0 aliphatic carbocycles. The van der Waals surface area contributed by atoms with E-state index >= 15 is 4.39 Å². The summed E-state index contributed by atoms with van der Waals surface area (Å²) >= 11 is 0. The first-order valence-corrected chi connectivity index (χ1v) is 26.1. The van der Waals surface area contributed by atoms with Crippen molar-refractivity contribution in [3.05, 3.63) is 155 Å². The number of aliphatic hydroxyl groups is 1. The molecule has 0 saturated carbocycles. The molecule has 0 bridgehead atoms. The highest BCUT2D eigenvalue weighted by Gasteiger charge is 2.39. The van der Waals surface area contributed by atoms with E-state index in [2.05, 4.69) is 21.3 Å². The number of hydrogen-bond acceptors (Lipinski definition) is 12. The quantitative estimate of drug-likeness (QED) is 0.0250. The SMILES string of the molecule is CC(C)(C)OC(=O)N[C@@H](CC(N)=O)C(=O)N[C@@H](CCN(C(=O)CO)[C@@H](c1cc(-c2cc(F)ccc2F)cn1Cc1ccccc1)C(C)(C)C)C(=O)NCCC(=O)N[C@H](CCC(=O)OCc1ccccc1)C(=O)OCc1ccccc1. The highest BCUT2D eigenvalue weighted by atomic mass is 19.1. The van der Waals surface area contributed by atoms with Crippen LogP contribution in [0.1, 0.15) is 102 Å². The van der Waals surface area contributed by atoms with Gasteiger partial charge in [-0.1, -0.05) is 112 Å². The molecule has 5 rings (SSSR count). The van der Waals surface area contributed by atoms with Gasteiger partial charge in [0.15, 0.2) is 0 Å². The van der Waals surface area contributed by atoms with Gasteiger partial charge in [0.25, 0.3) is 0 Å². The lowest BCUT2D eigenvalue weighted by molar-refractivity contribution is -0.150. The molecule has 21 heteroatoms. The van der Waals surface area contributed by atoms with Crippen molar-refractivity contribution in [2.75, 3.05) is 19.7 Å². The standard InChI is InChI=1S/C59H71F2N7O12/c1-58(2,3)53(48-30-41(43-31-42(60)22-23-44(43)61)34-67(48)33-38-16-10-7-11-17-38)68(51(72)35-69)29-27-45(65-55(75)47(32-49(62)70)66-57(77)80-59(4,5)6)54(74)63-28-26-50(71)64-46(56(76)79-37-40-20-14-9-15-21-40)24-25-52(73)78-36-39-18-12-8-13-19-39/h7-23,30-31,34,45-47,53,69H,24-29,32-33,35-37H2,1-6H3,(H2,62,70)(H,63,74)(H,64,71)(H,65,75)(H,66,77)/t45-,46+,47-,53-/m0/s1. The number of carbonyl (C=O) groups is 8. The van der Waals surface area contributed by atoms with Crippen LogP contribution in [0.15, 0.2) is 121 Å². The van der Waals surface area contributed by atoms with Gasteiger partial charge in [-0.15, -0.1) is 0 Å².